The molecule has 2 N–H and O–H groups in total. The van der Waals surface area contributed by atoms with Gasteiger partial charge in [0.2, 0.25) is 0 Å². The Morgan fingerprint density at radius 2 is 2.20 bits per heavy atom. The first-order valence-corrected chi connectivity index (χ1v) is 4.40. The number of H-pyrrole nitrogens is 1. The Balaban J connectivity index is 2.45. The number of aromatic nitrogens is 3. The summed E-state index contributed by atoms with van der Waals surface area (Å²) in [7, 11) is 0. The Labute approximate surface area is 85.8 Å². The third-order valence-corrected chi connectivity index (χ3v) is 1.98. The molecule has 0 bridgehead atoms. The van der Waals surface area contributed by atoms with Crippen molar-refractivity contribution in [2.24, 2.45) is 0 Å². The van der Waals surface area contributed by atoms with E-state index in [0.29, 0.717) is 11.6 Å². The Morgan fingerprint density at radius 3 is 2.80 bits per heavy atom. The minimum absolute atomic E-state index is 0.238. The number of benzene rings is 1. The number of rotatable bonds is 2. The Bertz CT molecular complexity index is 505. The summed E-state index contributed by atoms with van der Waals surface area (Å²) in [5.74, 6) is 0.328. The van der Waals surface area contributed by atoms with Crippen molar-refractivity contribution in [1.82, 2.24) is 15.2 Å². The van der Waals surface area contributed by atoms with Gasteiger partial charge in [-0.25, -0.2) is 4.79 Å². The summed E-state index contributed by atoms with van der Waals surface area (Å²) in [6.45, 7) is 1.79. The number of carboxylic acids is 1. The van der Waals surface area contributed by atoms with Gasteiger partial charge in [0, 0.05) is 5.56 Å². The summed E-state index contributed by atoms with van der Waals surface area (Å²) in [5.41, 5.74) is 0.956. The van der Waals surface area contributed by atoms with E-state index < -0.39 is 5.97 Å². The van der Waals surface area contributed by atoms with Gasteiger partial charge in [-0.3, -0.25) is 0 Å². The largest absolute Gasteiger partial charge is 0.478 e. The van der Waals surface area contributed by atoms with Crippen LogP contribution in [-0.4, -0.2) is 26.3 Å². The minimum Gasteiger partial charge on any atom is -0.478 e. The summed E-state index contributed by atoms with van der Waals surface area (Å²) in [5, 5.41) is 16.5. The molecule has 5 heteroatoms. The summed E-state index contributed by atoms with van der Waals surface area (Å²) >= 11 is 0. The molecule has 0 saturated heterocycles. The van der Waals surface area contributed by atoms with Crippen molar-refractivity contribution >= 4 is 5.97 Å². The molecule has 0 unspecified atom stereocenters. The van der Waals surface area contributed by atoms with Crippen LogP contribution in [-0.2, 0) is 0 Å². The normalized spacial score (nSPS) is 10.2. The van der Waals surface area contributed by atoms with Crippen molar-refractivity contribution < 1.29 is 9.90 Å². The minimum atomic E-state index is -0.951. The third-order valence-electron chi connectivity index (χ3n) is 1.98. The Morgan fingerprint density at radius 1 is 1.40 bits per heavy atom. The highest BCUT2D eigenvalue weighted by atomic mass is 16.4. The van der Waals surface area contributed by atoms with E-state index in [1.54, 1.807) is 25.1 Å². The van der Waals surface area contributed by atoms with Gasteiger partial charge in [0.05, 0.1) is 5.56 Å². The predicted octanol–water partition coefficient (Wildman–Crippen LogP) is 1.48. The number of aromatic carboxylic acids is 1. The monoisotopic (exact) mass is 203 g/mol. The van der Waals surface area contributed by atoms with Crippen molar-refractivity contribution in [2.75, 3.05) is 0 Å². The molecule has 5 nitrogen and oxygen atoms in total. The van der Waals surface area contributed by atoms with Crippen LogP contribution in [0.2, 0.25) is 0 Å². The second-order valence-electron chi connectivity index (χ2n) is 3.14. The molecule has 0 aliphatic heterocycles. The van der Waals surface area contributed by atoms with Crippen molar-refractivity contribution in [3.8, 4) is 11.4 Å². The van der Waals surface area contributed by atoms with Gasteiger partial charge in [-0.2, -0.15) is 0 Å². The van der Waals surface area contributed by atoms with E-state index in [0.717, 1.165) is 5.56 Å². The molecule has 76 valence electrons. The van der Waals surface area contributed by atoms with Crippen molar-refractivity contribution in [1.29, 1.82) is 0 Å². The Kier molecular flexibility index (Phi) is 2.21. The lowest BCUT2D eigenvalue weighted by molar-refractivity contribution is 0.0697. The number of hydrogen-bond acceptors (Lipinski definition) is 3. The molecule has 2 aromatic rings. The first-order valence-electron chi connectivity index (χ1n) is 4.40. The molecule has 0 spiro atoms. The fourth-order valence-corrected chi connectivity index (χ4v) is 1.28. The molecule has 1 heterocycles. The smallest absolute Gasteiger partial charge is 0.335 e. The van der Waals surface area contributed by atoms with Crippen LogP contribution in [0.4, 0.5) is 0 Å². The lowest BCUT2D eigenvalue weighted by Crippen LogP contribution is -1.96. The van der Waals surface area contributed by atoms with Gasteiger partial charge >= 0.3 is 5.97 Å². The lowest BCUT2D eigenvalue weighted by atomic mass is 10.1. The van der Waals surface area contributed by atoms with Gasteiger partial charge in [0.1, 0.15) is 5.82 Å². The van der Waals surface area contributed by atoms with Crippen LogP contribution < -0.4 is 0 Å². The molecule has 1 aromatic heterocycles. The second kappa shape index (κ2) is 3.53. The van der Waals surface area contributed by atoms with Gasteiger partial charge < -0.3 is 10.1 Å². The fraction of sp³-hybridized carbons (Fsp3) is 0.100. The number of carbonyl (C=O) groups is 1. The molecule has 0 aliphatic rings. The average molecular weight is 203 g/mol. The predicted molar refractivity (Wildman–Crippen MR) is 53.5 cm³/mol. The molecule has 0 atom stereocenters. The van der Waals surface area contributed by atoms with Crippen LogP contribution in [0, 0.1) is 6.92 Å². The van der Waals surface area contributed by atoms with Crippen molar-refractivity contribution in [2.45, 2.75) is 6.92 Å². The van der Waals surface area contributed by atoms with Gasteiger partial charge in [-0.1, -0.05) is 12.1 Å². The topological polar surface area (TPSA) is 78.9 Å². The first kappa shape index (κ1) is 9.39. The summed E-state index contributed by atoms with van der Waals surface area (Å²) in [6, 6.07) is 6.56. The zero-order valence-electron chi connectivity index (χ0n) is 8.06. The Hall–Kier alpha value is -2.17. The summed E-state index contributed by atoms with van der Waals surface area (Å²) < 4.78 is 0. The third kappa shape index (κ3) is 1.85. The van der Waals surface area contributed by atoms with Gasteiger partial charge in [-0.15, -0.1) is 10.2 Å². The first-order chi connectivity index (χ1) is 7.16. The van der Waals surface area contributed by atoms with Gasteiger partial charge in [-0.05, 0) is 19.1 Å². The highest BCUT2D eigenvalue weighted by Gasteiger charge is 2.07. The van der Waals surface area contributed by atoms with E-state index >= 15 is 0 Å². The van der Waals surface area contributed by atoms with Crippen LogP contribution in [0.25, 0.3) is 11.4 Å². The zero-order chi connectivity index (χ0) is 10.8. The van der Waals surface area contributed by atoms with Crippen LogP contribution in [0.15, 0.2) is 24.3 Å². The van der Waals surface area contributed by atoms with E-state index in [-0.39, 0.29) is 5.56 Å². The molecule has 1 aromatic carbocycles. The zero-order valence-corrected chi connectivity index (χ0v) is 8.06. The van der Waals surface area contributed by atoms with Crippen molar-refractivity contribution in [3.63, 3.8) is 0 Å². The van der Waals surface area contributed by atoms with E-state index in [2.05, 4.69) is 15.2 Å². The lowest BCUT2D eigenvalue weighted by Gasteiger charge is -1.97. The molecule has 0 radical (unpaired) electrons. The quantitative estimate of drug-likeness (QED) is 0.774. The van der Waals surface area contributed by atoms with Crippen LogP contribution in [0.5, 0.6) is 0 Å². The highest BCUT2D eigenvalue weighted by Crippen LogP contribution is 2.15. The molecular weight excluding hydrogens is 194 g/mol. The standard InChI is InChI=1S/C10H9N3O2/c1-6-11-9(13-12-6)7-3-2-4-8(5-7)10(14)15/h2-5H,1H3,(H,14,15)(H,11,12,13). The molecule has 0 aliphatic carbocycles. The molecule has 0 saturated carbocycles. The number of hydrogen-bond donors (Lipinski definition) is 2. The van der Waals surface area contributed by atoms with Crippen LogP contribution in [0.3, 0.4) is 0 Å². The van der Waals surface area contributed by atoms with Gasteiger partial charge in [0.25, 0.3) is 0 Å². The van der Waals surface area contributed by atoms with E-state index in [1.165, 1.54) is 6.07 Å². The maximum Gasteiger partial charge on any atom is 0.335 e. The van der Waals surface area contributed by atoms with E-state index in [9.17, 15) is 4.79 Å². The second-order valence-corrected chi connectivity index (χ2v) is 3.14. The van der Waals surface area contributed by atoms with E-state index in [4.69, 9.17) is 5.11 Å². The SMILES string of the molecule is Cc1nnc(-c2cccc(C(=O)O)c2)[nH]1. The maximum absolute atomic E-state index is 10.7. The number of aromatic amines is 1. The maximum atomic E-state index is 10.7. The fourth-order valence-electron chi connectivity index (χ4n) is 1.28. The number of aryl methyl sites for hydroxylation is 1. The molecule has 15 heavy (non-hydrogen) atoms. The molecule has 2 rings (SSSR count). The summed E-state index contributed by atoms with van der Waals surface area (Å²) in [6.07, 6.45) is 0. The summed E-state index contributed by atoms with van der Waals surface area (Å²) in [4.78, 5) is 13.7. The molecule has 0 fully saturated rings. The van der Waals surface area contributed by atoms with Crippen LogP contribution in [0.1, 0.15) is 16.2 Å². The molecular formula is C10H9N3O2. The highest BCUT2D eigenvalue weighted by molar-refractivity contribution is 5.89. The molecule has 0 amide bonds. The van der Waals surface area contributed by atoms with Gasteiger partial charge in [0.15, 0.2) is 5.82 Å². The van der Waals surface area contributed by atoms with E-state index in [1.807, 2.05) is 0 Å². The number of nitrogens with one attached hydrogen (secondary N) is 1. The number of nitrogens with zero attached hydrogens (tertiary/aromatic N) is 2. The van der Waals surface area contributed by atoms with Crippen LogP contribution >= 0.6 is 0 Å². The number of carboxylic acid groups (broad SMARTS) is 1. The average Bonchev–Trinajstić information content (AvgIpc) is 2.65. The van der Waals surface area contributed by atoms with Crippen molar-refractivity contribution in [3.05, 3.63) is 35.7 Å².